The fourth-order valence-corrected chi connectivity index (χ4v) is 2.21. The molecule has 0 bridgehead atoms. The molecule has 0 radical (unpaired) electrons. The molecular formula is C6H4Cl2N2O4S. The Bertz CT molecular complexity index is 528. The summed E-state index contributed by atoms with van der Waals surface area (Å²) in [6.45, 7) is 0. The Morgan fingerprint density at radius 3 is 2.33 bits per heavy atom. The highest BCUT2D eigenvalue weighted by atomic mass is 35.7. The summed E-state index contributed by atoms with van der Waals surface area (Å²) in [5, 5.41) is 10.1. The molecule has 0 heterocycles. The standard InChI is InChI=1S/C6H4Cl2N2O4S/c7-3-1-6(15(8,13)14)4(9)2-5(3)10(11)12/h1-2H,9H2. The lowest BCUT2D eigenvalue weighted by atomic mass is 10.3. The summed E-state index contributed by atoms with van der Waals surface area (Å²) in [5.74, 6) is 0. The Morgan fingerprint density at radius 2 is 1.93 bits per heavy atom. The molecular weight excluding hydrogens is 267 g/mol. The third-order valence-electron chi connectivity index (χ3n) is 1.54. The van der Waals surface area contributed by atoms with Gasteiger partial charge in [-0.1, -0.05) is 11.6 Å². The zero-order chi connectivity index (χ0) is 11.8. The predicted octanol–water partition coefficient (Wildman–Crippen LogP) is 1.76. The van der Waals surface area contributed by atoms with Gasteiger partial charge in [-0.15, -0.1) is 0 Å². The van der Waals surface area contributed by atoms with Gasteiger partial charge in [0.1, 0.15) is 9.92 Å². The third kappa shape index (κ3) is 2.49. The number of nitro groups is 1. The fourth-order valence-electron chi connectivity index (χ4n) is 0.911. The van der Waals surface area contributed by atoms with Crippen molar-refractivity contribution in [3.63, 3.8) is 0 Å². The molecule has 0 aromatic heterocycles. The molecule has 0 atom stereocenters. The van der Waals surface area contributed by atoms with Gasteiger partial charge in [0.15, 0.2) is 0 Å². The van der Waals surface area contributed by atoms with Gasteiger partial charge in [-0.2, -0.15) is 0 Å². The molecule has 1 aromatic carbocycles. The first kappa shape index (κ1) is 12.0. The molecule has 15 heavy (non-hydrogen) atoms. The van der Waals surface area contributed by atoms with Gasteiger partial charge in [-0.05, 0) is 6.07 Å². The smallest absolute Gasteiger partial charge is 0.290 e. The van der Waals surface area contributed by atoms with Crippen LogP contribution < -0.4 is 5.73 Å². The topological polar surface area (TPSA) is 103 Å². The molecule has 0 amide bonds. The molecule has 0 saturated heterocycles. The Balaban J connectivity index is 3.52. The van der Waals surface area contributed by atoms with Crippen LogP contribution in [0.15, 0.2) is 17.0 Å². The lowest BCUT2D eigenvalue weighted by Crippen LogP contribution is -2.00. The van der Waals surface area contributed by atoms with Crippen molar-refractivity contribution < 1.29 is 13.3 Å². The van der Waals surface area contributed by atoms with Gasteiger partial charge in [0.25, 0.3) is 14.7 Å². The summed E-state index contributed by atoms with van der Waals surface area (Å²) in [6.07, 6.45) is 0. The van der Waals surface area contributed by atoms with Gasteiger partial charge < -0.3 is 5.73 Å². The van der Waals surface area contributed by atoms with Crippen molar-refractivity contribution in [2.24, 2.45) is 0 Å². The fraction of sp³-hybridized carbons (Fsp3) is 0. The quantitative estimate of drug-likeness (QED) is 0.382. The van der Waals surface area contributed by atoms with Crippen LogP contribution in [0.4, 0.5) is 11.4 Å². The predicted molar refractivity (Wildman–Crippen MR) is 55.6 cm³/mol. The van der Waals surface area contributed by atoms with Crippen molar-refractivity contribution in [2.45, 2.75) is 4.90 Å². The summed E-state index contributed by atoms with van der Waals surface area (Å²) in [7, 11) is 0.973. The maximum absolute atomic E-state index is 10.9. The van der Waals surface area contributed by atoms with Crippen LogP contribution >= 0.6 is 22.3 Å². The second-order valence-corrected chi connectivity index (χ2v) is 5.48. The molecule has 2 N–H and O–H groups in total. The zero-order valence-electron chi connectivity index (χ0n) is 6.98. The van der Waals surface area contributed by atoms with Crippen molar-refractivity contribution in [3.8, 4) is 0 Å². The molecule has 9 heteroatoms. The minimum atomic E-state index is -4.06. The van der Waals surface area contributed by atoms with Crippen LogP contribution in [0.3, 0.4) is 0 Å². The summed E-state index contributed by atoms with van der Waals surface area (Å²) in [6, 6.07) is 1.69. The van der Waals surface area contributed by atoms with Crippen LogP contribution in [-0.4, -0.2) is 13.3 Å². The monoisotopic (exact) mass is 270 g/mol. The first-order chi connectivity index (χ1) is 6.73. The number of hydrogen-bond acceptors (Lipinski definition) is 5. The average molecular weight is 271 g/mol. The Hall–Kier alpha value is -1.05. The second-order valence-electron chi connectivity index (χ2n) is 2.54. The number of nitrogens with zero attached hydrogens (tertiary/aromatic N) is 1. The largest absolute Gasteiger partial charge is 0.397 e. The lowest BCUT2D eigenvalue weighted by molar-refractivity contribution is -0.384. The Kier molecular flexibility index (Phi) is 3.08. The van der Waals surface area contributed by atoms with Crippen molar-refractivity contribution in [1.82, 2.24) is 0 Å². The molecule has 0 aliphatic carbocycles. The molecule has 0 unspecified atom stereocenters. The van der Waals surface area contributed by atoms with Crippen molar-refractivity contribution in [2.75, 3.05) is 5.73 Å². The van der Waals surface area contributed by atoms with E-state index in [0.29, 0.717) is 0 Å². The number of benzene rings is 1. The number of halogens is 2. The van der Waals surface area contributed by atoms with E-state index >= 15 is 0 Å². The minimum Gasteiger partial charge on any atom is -0.397 e. The SMILES string of the molecule is Nc1cc([N+](=O)[O-])c(Cl)cc1S(=O)(=O)Cl. The van der Waals surface area contributed by atoms with Gasteiger partial charge >= 0.3 is 0 Å². The Labute approximate surface area is 94.2 Å². The molecule has 0 aliphatic rings. The first-order valence-electron chi connectivity index (χ1n) is 3.41. The number of hydrogen-bond donors (Lipinski definition) is 1. The van der Waals surface area contributed by atoms with Crippen LogP contribution in [0.5, 0.6) is 0 Å². The summed E-state index contributed by atoms with van der Waals surface area (Å²) in [5.41, 5.74) is 4.50. The zero-order valence-corrected chi connectivity index (χ0v) is 9.30. The molecule has 82 valence electrons. The molecule has 0 aliphatic heterocycles. The van der Waals surface area contributed by atoms with Crippen LogP contribution in [0.25, 0.3) is 0 Å². The highest BCUT2D eigenvalue weighted by molar-refractivity contribution is 8.13. The Morgan fingerprint density at radius 1 is 1.40 bits per heavy atom. The highest BCUT2D eigenvalue weighted by Crippen LogP contribution is 2.33. The van der Waals surface area contributed by atoms with Gasteiger partial charge in [0.05, 0.1) is 10.6 Å². The summed E-state index contributed by atoms with van der Waals surface area (Å²) < 4.78 is 21.9. The molecule has 1 rings (SSSR count). The maximum atomic E-state index is 10.9. The lowest BCUT2D eigenvalue weighted by Gasteiger charge is -2.02. The molecule has 1 aromatic rings. The number of nitro benzene ring substituents is 1. The van der Waals surface area contributed by atoms with E-state index in [1.807, 2.05) is 0 Å². The molecule has 0 spiro atoms. The minimum absolute atomic E-state index is 0.318. The van der Waals surface area contributed by atoms with E-state index in [9.17, 15) is 18.5 Å². The van der Waals surface area contributed by atoms with Gasteiger partial charge in [-0.3, -0.25) is 10.1 Å². The van der Waals surface area contributed by atoms with Crippen LogP contribution in [-0.2, 0) is 9.05 Å². The van der Waals surface area contributed by atoms with Gasteiger partial charge in [-0.25, -0.2) is 8.42 Å². The third-order valence-corrected chi connectivity index (χ3v) is 3.22. The normalized spacial score (nSPS) is 11.3. The van der Waals surface area contributed by atoms with E-state index in [1.165, 1.54) is 0 Å². The van der Waals surface area contributed by atoms with E-state index in [0.717, 1.165) is 12.1 Å². The first-order valence-corrected chi connectivity index (χ1v) is 6.10. The average Bonchev–Trinajstić information content (AvgIpc) is 2.06. The van der Waals surface area contributed by atoms with E-state index in [-0.39, 0.29) is 10.7 Å². The van der Waals surface area contributed by atoms with E-state index in [4.69, 9.17) is 28.0 Å². The summed E-state index contributed by atoms with van der Waals surface area (Å²) >= 11 is 5.48. The highest BCUT2D eigenvalue weighted by Gasteiger charge is 2.21. The van der Waals surface area contributed by atoms with E-state index in [1.54, 1.807) is 0 Å². The summed E-state index contributed by atoms with van der Waals surface area (Å²) in [4.78, 5) is 9.20. The molecule has 6 nitrogen and oxygen atoms in total. The second kappa shape index (κ2) is 3.84. The molecule has 0 saturated carbocycles. The molecule has 0 fully saturated rings. The van der Waals surface area contributed by atoms with Crippen molar-refractivity contribution >= 4 is 42.7 Å². The van der Waals surface area contributed by atoms with Crippen LogP contribution in [0, 0.1) is 10.1 Å². The van der Waals surface area contributed by atoms with E-state index in [2.05, 4.69) is 0 Å². The van der Waals surface area contributed by atoms with Gasteiger partial charge in [0, 0.05) is 16.7 Å². The number of anilines is 1. The van der Waals surface area contributed by atoms with Crippen molar-refractivity contribution in [1.29, 1.82) is 0 Å². The number of nitrogen functional groups attached to an aromatic ring is 1. The van der Waals surface area contributed by atoms with Gasteiger partial charge in [0.2, 0.25) is 0 Å². The van der Waals surface area contributed by atoms with Crippen molar-refractivity contribution in [3.05, 3.63) is 27.3 Å². The maximum Gasteiger partial charge on any atom is 0.290 e. The van der Waals surface area contributed by atoms with E-state index < -0.39 is 24.6 Å². The van der Waals surface area contributed by atoms with Crippen LogP contribution in [0.2, 0.25) is 5.02 Å². The van der Waals surface area contributed by atoms with Crippen LogP contribution in [0.1, 0.15) is 0 Å². The number of nitrogens with two attached hydrogens (primary N) is 1. The number of rotatable bonds is 2.